The van der Waals surface area contributed by atoms with E-state index in [1.807, 2.05) is 59.9 Å². The van der Waals surface area contributed by atoms with Gasteiger partial charge < -0.3 is 25.3 Å². The zero-order valence-electron chi connectivity index (χ0n) is 9.67. The Labute approximate surface area is 128 Å². The number of hydrogen-bond acceptors (Lipinski definition) is 4. The Balaban J connectivity index is 1.80. The van der Waals surface area contributed by atoms with Crippen LogP contribution in [0.15, 0.2) is 68.1 Å². The van der Waals surface area contributed by atoms with Crippen LogP contribution in [-0.4, -0.2) is 11.5 Å². The molecule has 0 atom stereocenters. The lowest BCUT2D eigenvalue weighted by molar-refractivity contribution is 1.24. The lowest BCUT2D eigenvalue weighted by Gasteiger charge is -2.14. The van der Waals surface area contributed by atoms with Gasteiger partial charge in [-0.05, 0) is 9.79 Å². The maximum Gasteiger partial charge on any atom is 0.00740 e. The number of benzene rings is 2. The highest BCUT2D eigenvalue weighted by Crippen LogP contribution is 2.27. The summed E-state index contributed by atoms with van der Waals surface area (Å²) in [5, 5.41) is 0. The molecule has 0 radical (unpaired) electrons. The second-order valence-corrected chi connectivity index (χ2v) is 6.74. The standard InChI is InChI=1S/C14H14S4/c15-11-5-1-3-7-13(11)17-9-10-18-14-8-4-2-6-12(14)16/h1-8,15-16H,9-10H2/p-2. The van der Waals surface area contributed by atoms with Crippen molar-refractivity contribution >= 4 is 48.8 Å². The first kappa shape index (κ1) is 14.0. The van der Waals surface area contributed by atoms with Gasteiger partial charge in [0.1, 0.15) is 0 Å². The van der Waals surface area contributed by atoms with Crippen LogP contribution in [-0.2, 0) is 25.3 Å². The Morgan fingerprint density at radius 2 is 1.06 bits per heavy atom. The van der Waals surface area contributed by atoms with Crippen LogP contribution in [0.5, 0.6) is 0 Å². The summed E-state index contributed by atoms with van der Waals surface area (Å²) in [5.74, 6) is 2.09. The van der Waals surface area contributed by atoms with Gasteiger partial charge in [0, 0.05) is 11.5 Å². The summed E-state index contributed by atoms with van der Waals surface area (Å²) >= 11 is 14.2. The van der Waals surface area contributed by atoms with Gasteiger partial charge >= 0.3 is 0 Å². The average Bonchev–Trinajstić information content (AvgIpc) is 2.38. The molecule has 0 fully saturated rings. The Morgan fingerprint density at radius 1 is 0.667 bits per heavy atom. The molecule has 0 aromatic heterocycles. The predicted molar refractivity (Wildman–Crippen MR) is 85.6 cm³/mol. The molecule has 0 amide bonds. The summed E-state index contributed by atoms with van der Waals surface area (Å²) in [5.41, 5.74) is 0. The maximum atomic E-state index is 5.27. The van der Waals surface area contributed by atoms with Crippen molar-refractivity contribution in [3.8, 4) is 0 Å². The third-order valence-electron chi connectivity index (χ3n) is 2.30. The molecule has 0 saturated heterocycles. The predicted octanol–water partition coefficient (Wildman–Crippen LogP) is 4.38. The molecular formula is C14H12S4-2. The van der Waals surface area contributed by atoms with E-state index in [0.29, 0.717) is 0 Å². The number of rotatable bonds is 5. The van der Waals surface area contributed by atoms with Gasteiger partial charge in [0.25, 0.3) is 0 Å². The fourth-order valence-electron chi connectivity index (χ4n) is 1.44. The van der Waals surface area contributed by atoms with Crippen LogP contribution in [0.4, 0.5) is 0 Å². The second kappa shape index (κ2) is 7.24. The number of hydrogen-bond donors (Lipinski definition) is 0. The topological polar surface area (TPSA) is 0 Å². The third-order valence-corrected chi connectivity index (χ3v) is 5.68. The Kier molecular flexibility index (Phi) is 5.63. The van der Waals surface area contributed by atoms with Crippen molar-refractivity contribution < 1.29 is 0 Å². The molecule has 0 spiro atoms. The molecule has 0 saturated carbocycles. The van der Waals surface area contributed by atoms with Gasteiger partial charge in [-0.2, -0.15) is 9.79 Å². The summed E-state index contributed by atoms with van der Waals surface area (Å²) in [7, 11) is 0. The molecule has 18 heavy (non-hydrogen) atoms. The first-order valence-electron chi connectivity index (χ1n) is 5.55. The normalized spacial score (nSPS) is 10.4. The van der Waals surface area contributed by atoms with Crippen LogP contribution in [0.3, 0.4) is 0 Å². The summed E-state index contributed by atoms with van der Waals surface area (Å²) in [6, 6.07) is 16.1. The molecule has 0 unspecified atom stereocenters. The van der Waals surface area contributed by atoms with E-state index in [2.05, 4.69) is 12.1 Å². The van der Waals surface area contributed by atoms with E-state index >= 15 is 0 Å². The third kappa shape index (κ3) is 4.05. The van der Waals surface area contributed by atoms with E-state index in [1.165, 1.54) is 9.79 Å². The zero-order valence-corrected chi connectivity index (χ0v) is 12.9. The van der Waals surface area contributed by atoms with Crippen LogP contribution in [0.1, 0.15) is 0 Å². The van der Waals surface area contributed by atoms with Crippen molar-refractivity contribution in [2.75, 3.05) is 11.5 Å². The quantitative estimate of drug-likeness (QED) is 0.456. The molecule has 0 aliphatic heterocycles. The first-order chi connectivity index (χ1) is 8.77. The molecule has 2 rings (SSSR count). The van der Waals surface area contributed by atoms with Crippen molar-refractivity contribution in [1.82, 2.24) is 0 Å². The van der Waals surface area contributed by atoms with Gasteiger partial charge in [0.05, 0.1) is 0 Å². The SMILES string of the molecule is [S-]c1ccccc1SCCSc1ccccc1[S-]. The van der Waals surface area contributed by atoms with Gasteiger partial charge in [-0.15, -0.1) is 23.5 Å². The Bertz CT molecular complexity index is 463. The van der Waals surface area contributed by atoms with Crippen LogP contribution >= 0.6 is 23.5 Å². The van der Waals surface area contributed by atoms with Gasteiger partial charge in [0.15, 0.2) is 0 Å². The van der Waals surface area contributed by atoms with Crippen molar-refractivity contribution in [1.29, 1.82) is 0 Å². The molecule has 4 heteroatoms. The first-order valence-corrected chi connectivity index (χ1v) is 8.34. The molecule has 0 nitrogen and oxygen atoms in total. The lowest BCUT2D eigenvalue weighted by Crippen LogP contribution is -1.87. The van der Waals surface area contributed by atoms with Gasteiger partial charge in [-0.25, -0.2) is 0 Å². The smallest absolute Gasteiger partial charge is 0.00740 e. The Morgan fingerprint density at radius 3 is 1.44 bits per heavy atom. The molecule has 94 valence electrons. The van der Waals surface area contributed by atoms with E-state index in [1.54, 1.807) is 0 Å². The molecule has 2 aromatic rings. The van der Waals surface area contributed by atoms with Crippen LogP contribution in [0.25, 0.3) is 0 Å². The minimum atomic E-state index is 0.941. The van der Waals surface area contributed by atoms with E-state index in [0.717, 1.165) is 21.3 Å². The maximum absolute atomic E-state index is 5.27. The highest BCUT2D eigenvalue weighted by molar-refractivity contribution is 8.03. The van der Waals surface area contributed by atoms with Crippen LogP contribution < -0.4 is 0 Å². The summed E-state index contributed by atoms with van der Waals surface area (Å²) < 4.78 is 0. The van der Waals surface area contributed by atoms with Crippen molar-refractivity contribution in [3.05, 3.63) is 48.5 Å². The Hall–Kier alpha value is -0.420. The van der Waals surface area contributed by atoms with E-state index < -0.39 is 0 Å². The van der Waals surface area contributed by atoms with Crippen molar-refractivity contribution in [3.63, 3.8) is 0 Å². The minimum Gasteiger partial charge on any atom is -0.779 e. The fraction of sp³-hybridized carbons (Fsp3) is 0.143. The highest BCUT2D eigenvalue weighted by Gasteiger charge is 1.96. The van der Waals surface area contributed by atoms with Crippen LogP contribution in [0, 0.1) is 0 Å². The van der Waals surface area contributed by atoms with E-state index in [9.17, 15) is 0 Å². The monoisotopic (exact) mass is 308 g/mol. The van der Waals surface area contributed by atoms with Crippen molar-refractivity contribution in [2.24, 2.45) is 0 Å². The van der Waals surface area contributed by atoms with E-state index in [-0.39, 0.29) is 0 Å². The zero-order chi connectivity index (χ0) is 12.8. The molecule has 0 heterocycles. The molecular weight excluding hydrogens is 296 g/mol. The summed E-state index contributed by atoms with van der Waals surface area (Å²) in [6.45, 7) is 0. The number of thioether (sulfide) groups is 2. The molecule has 0 aliphatic carbocycles. The van der Waals surface area contributed by atoms with Crippen LogP contribution in [0.2, 0.25) is 0 Å². The minimum absolute atomic E-state index is 0.941. The summed E-state index contributed by atoms with van der Waals surface area (Å²) in [4.78, 5) is 4.27. The van der Waals surface area contributed by atoms with Gasteiger partial charge in [-0.3, -0.25) is 0 Å². The average molecular weight is 309 g/mol. The fourth-order valence-corrected chi connectivity index (χ4v) is 3.97. The molecule has 0 bridgehead atoms. The molecule has 0 aliphatic rings. The van der Waals surface area contributed by atoms with Crippen molar-refractivity contribution in [2.45, 2.75) is 19.6 Å². The molecule has 0 N–H and O–H groups in total. The second-order valence-electron chi connectivity index (χ2n) is 3.59. The largest absolute Gasteiger partial charge is 0.779 e. The van der Waals surface area contributed by atoms with E-state index in [4.69, 9.17) is 25.3 Å². The lowest BCUT2D eigenvalue weighted by atomic mass is 10.4. The molecule has 2 aromatic carbocycles. The summed E-state index contributed by atoms with van der Waals surface area (Å²) in [6.07, 6.45) is 0. The highest BCUT2D eigenvalue weighted by atomic mass is 32.2. The van der Waals surface area contributed by atoms with Gasteiger partial charge in [-0.1, -0.05) is 48.5 Å². The van der Waals surface area contributed by atoms with Gasteiger partial charge in [0.2, 0.25) is 0 Å².